The maximum absolute atomic E-state index is 12.3. The first-order valence-electron chi connectivity index (χ1n) is 3.41. The van der Waals surface area contributed by atoms with Crippen LogP contribution in [0.3, 0.4) is 0 Å². The minimum atomic E-state index is -4.82. The number of alkyl halides is 3. The Bertz CT molecular complexity index is 452. The molecule has 1 heterocycles. The van der Waals surface area contributed by atoms with E-state index in [0.29, 0.717) is 6.20 Å². The number of hydrogen-bond acceptors (Lipinski definition) is 3. The van der Waals surface area contributed by atoms with Crippen molar-refractivity contribution in [2.24, 2.45) is 0 Å². The van der Waals surface area contributed by atoms with Crippen molar-refractivity contribution >= 4 is 17.5 Å². The first kappa shape index (κ1) is 11.4. The molecular formula is C7H2ClF3N3O+. The van der Waals surface area contributed by atoms with Crippen LogP contribution in [0.25, 0.3) is 4.85 Å². The zero-order valence-corrected chi connectivity index (χ0v) is 7.67. The van der Waals surface area contributed by atoms with Gasteiger partial charge in [0.1, 0.15) is 0 Å². The van der Waals surface area contributed by atoms with E-state index in [1.165, 1.54) is 0 Å². The van der Waals surface area contributed by atoms with Crippen molar-refractivity contribution in [3.63, 3.8) is 0 Å². The molecule has 8 heteroatoms. The predicted octanol–water partition coefficient (Wildman–Crippen LogP) is 2.25. The molecule has 0 aliphatic heterocycles. The monoisotopic (exact) mass is 236 g/mol. The van der Waals surface area contributed by atoms with Crippen LogP contribution < -0.4 is 0 Å². The maximum Gasteiger partial charge on any atom is 0.550 e. The Labute approximate surface area is 86.5 Å². The number of aromatic nitrogens is 2. The van der Waals surface area contributed by atoms with Gasteiger partial charge in [0.25, 0.3) is 6.57 Å². The fourth-order valence-electron chi connectivity index (χ4n) is 0.802. The molecule has 15 heavy (non-hydrogen) atoms. The summed E-state index contributed by atoms with van der Waals surface area (Å²) in [6.45, 7) is 4.57. The molecule has 0 spiro atoms. The number of nitrogens with zero attached hydrogens (tertiary/aromatic N) is 3. The van der Waals surface area contributed by atoms with E-state index < -0.39 is 28.6 Å². The van der Waals surface area contributed by atoms with E-state index in [0.717, 1.165) is 0 Å². The number of halogens is 4. The largest absolute Gasteiger partial charge is 0.550 e. The van der Waals surface area contributed by atoms with Crippen molar-refractivity contribution in [3.05, 3.63) is 27.6 Å². The molecule has 0 aromatic carbocycles. The van der Waals surface area contributed by atoms with Gasteiger partial charge in [-0.05, 0) is 11.6 Å². The van der Waals surface area contributed by atoms with Crippen LogP contribution in [-0.4, -0.2) is 15.9 Å². The first-order valence-corrected chi connectivity index (χ1v) is 3.79. The summed E-state index contributed by atoms with van der Waals surface area (Å²) >= 11 is 5.18. The van der Waals surface area contributed by atoms with Gasteiger partial charge in [0.15, 0.2) is 11.3 Å². The minimum Gasteiger partial charge on any atom is -0.225 e. The van der Waals surface area contributed by atoms with Crippen LogP contribution in [0.1, 0.15) is 16.1 Å². The van der Waals surface area contributed by atoms with Gasteiger partial charge in [-0.15, -0.1) is 0 Å². The fourth-order valence-corrected chi connectivity index (χ4v) is 0.936. The summed E-state index contributed by atoms with van der Waals surface area (Å²) in [6.07, 6.45) is -4.20. The maximum atomic E-state index is 12.3. The highest BCUT2D eigenvalue weighted by Crippen LogP contribution is 2.30. The summed E-state index contributed by atoms with van der Waals surface area (Å²) in [5.74, 6) is -1.26. The second kappa shape index (κ2) is 3.82. The molecule has 78 valence electrons. The van der Waals surface area contributed by atoms with Crippen LogP contribution in [0.5, 0.6) is 0 Å². The molecule has 1 amide bonds. The molecule has 1 aromatic heterocycles. The zero-order valence-electron chi connectivity index (χ0n) is 6.92. The Morgan fingerprint density at radius 3 is 2.60 bits per heavy atom. The number of carbonyl (C=O) groups is 1. The average Bonchev–Trinajstić information content (AvgIpc) is 2.15. The lowest BCUT2D eigenvalue weighted by atomic mass is 10.2. The van der Waals surface area contributed by atoms with Gasteiger partial charge in [-0.1, -0.05) is 0 Å². The molecular weight excluding hydrogens is 235 g/mol. The summed E-state index contributed by atoms with van der Waals surface area (Å²) in [6, 6.07) is 0. The highest BCUT2D eigenvalue weighted by molar-refractivity contribution is 6.28. The van der Waals surface area contributed by atoms with E-state index >= 15 is 0 Å². The number of amides is 1. The van der Waals surface area contributed by atoms with E-state index in [2.05, 4.69) is 21.4 Å². The smallest absolute Gasteiger partial charge is 0.225 e. The fraction of sp³-hybridized carbons (Fsp3) is 0.143. The molecule has 0 radical (unpaired) electrons. The molecule has 0 bridgehead atoms. The topological polar surface area (TPSA) is 47.2 Å². The Morgan fingerprint density at radius 2 is 2.13 bits per heavy atom. The number of hydrogen-bond donors (Lipinski definition) is 0. The second-order valence-corrected chi connectivity index (χ2v) is 2.67. The van der Waals surface area contributed by atoms with Crippen molar-refractivity contribution in [3.8, 4) is 6.57 Å². The van der Waals surface area contributed by atoms with Gasteiger partial charge in [0, 0.05) is 4.85 Å². The number of rotatable bonds is 1. The summed E-state index contributed by atoms with van der Waals surface area (Å²) in [5, 5.41) is -0.615. The summed E-state index contributed by atoms with van der Waals surface area (Å²) in [5.41, 5.74) is -2.30. The van der Waals surface area contributed by atoms with Crippen molar-refractivity contribution in [2.45, 2.75) is 6.18 Å². The van der Waals surface area contributed by atoms with Crippen molar-refractivity contribution in [2.75, 3.05) is 0 Å². The van der Waals surface area contributed by atoms with Crippen molar-refractivity contribution in [1.82, 2.24) is 9.97 Å². The molecule has 1 aromatic rings. The summed E-state index contributed by atoms with van der Waals surface area (Å²) < 4.78 is 37.0. The Hall–Kier alpha value is -1.68. The lowest BCUT2D eigenvalue weighted by Crippen LogP contribution is -2.15. The third-order valence-electron chi connectivity index (χ3n) is 1.38. The Balaban J connectivity index is 3.41. The third kappa shape index (κ3) is 2.41. The van der Waals surface area contributed by atoms with Crippen LogP contribution in [0, 0.1) is 6.57 Å². The molecule has 0 atom stereocenters. The van der Waals surface area contributed by atoms with Crippen LogP contribution in [-0.2, 0) is 6.18 Å². The van der Waals surface area contributed by atoms with E-state index in [1.807, 2.05) is 0 Å². The van der Waals surface area contributed by atoms with Crippen LogP contribution in [0.2, 0.25) is 5.28 Å². The molecule has 4 nitrogen and oxygen atoms in total. The van der Waals surface area contributed by atoms with Gasteiger partial charge in [0.2, 0.25) is 5.28 Å². The van der Waals surface area contributed by atoms with Gasteiger partial charge >= 0.3 is 12.1 Å². The third-order valence-corrected chi connectivity index (χ3v) is 1.56. The molecule has 0 aliphatic carbocycles. The molecule has 0 saturated carbocycles. The lowest BCUT2D eigenvalue weighted by molar-refractivity contribution is -0.141. The normalized spacial score (nSPS) is 10.9. The highest BCUT2D eigenvalue weighted by Gasteiger charge is 2.40. The van der Waals surface area contributed by atoms with Gasteiger partial charge in [-0.2, -0.15) is 18.0 Å². The number of carbonyl (C=O) groups excluding carboxylic acids is 1. The van der Waals surface area contributed by atoms with E-state index in [4.69, 9.17) is 11.6 Å². The molecule has 0 N–H and O–H groups in total. The lowest BCUT2D eigenvalue weighted by Gasteiger charge is -2.05. The zero-order chi connectivity index (χ0) is 11.6. The van der Waals surface area contributed by atoms with E-state index in [1.54, 1.807) is 0 Å². The summed E-state index contributed by atoms with van der Waals surface area (Å²) in [4.78, 5) is 19.6. The standard InChI is InChI=1S/C7H2ClF3N3O/c1-12-5(15)3-2-13-6(8)14-4(3)7(9,10)11/h1-2H/q+1. The molecule has 0 saturated heterocycles. The highest BCUT2D eigenvalue weighted by atomic mass is 35.5. The van der Waals surface area contributed by atoms with Gasteiger partial charge < -0.3 is 0 Å². The van der Waals surface area contributed by atoms with E-state index in [-0.39, 0.29) is 0 Å². The summed E-state index contributed by atoms with van der Waals surface area (Å²) in [7, 11) is 0. The van der Waals surface area contributed by atoms with E-state index in [9.17, 15) is 18.0 Å². The average molecular weight is 237 g/mol. The minimum absolute atomic E-state index is 0.615. The SMILES string of the molecule is C#[N+]C(=O)c1cnc(Cl)nc1C(F)(F)F. The van der Waals surface area contributed by atoms with Crippen LogP contribution in [0.15, 0.2) is 6.20 Å². The molecule has 1 rings (SSSR count). The molecule has 0 unspecified atom stereocenters. The Kier molecular flexibility index (Phi) is 2.90. The van der Waals surface area contributed by atoms with Crippen LogP contribution in [0.4, 0.5) is 13.2 Å². The van der Waals surface area contributed by atoms with Gasteiger partial charge in [-0.25, -0.2) is 9.97 Å². The van der Waals surface area contributed by atoms with Gasteiger partial charge in [0.05, 0.1) is 6.20 Å². The first-order chi connectivity index (χ1) is 6.86. The predicted molar refractivity (Wildman–Crippen MR) is 44.7 cm³/mol. The quantitative estimate of drug-likeness (QED) is 0.703. The second-order valence-electron chi connectivity index (χ2n) is 2.33. The molecule has 0 fully saturated rings. The van der Waals surface area contributed by atoms with Crippen molar-refractivity contribution in [1.29, 1.82) is 0 Å². The Morgan fingerprint density at radius 1 is 1.53 bits per heavy atom. The molecule has 0 aliphatic rings. The van der Waals surface area contributed by atoms with Gasteiger partial charge in [-0.3, -0.25) is 0 Å². The van der Waals surface area contributed by atoms with Crippen LogP contribution >= 0.6 is 11.6 Å². The van der Waals surface area contributed by atoms with Crippen molar-refractivity contribution < 1.29 is 18.0 Å².